The van der Waals surface area contributed by atoms with E-state index in [1.807, 2.05) is 46.8 Å². The van der Waals surface area contributed by atoms with Crippen molar-refractivity contribution < 1.29 is 9.72 Å². The fraction of sp³-hybridized carbons (Fsp3) is 0.211. The van der Waals surface area contributed by atoms with Crippen LogP contribution in [0.15, 0.2) is 64.2 Å². The smallest absolute Gasteiger partial charge is 0.269 e. The van der Waals surface area contributed by atoms with Crippen molar-refractivity contribution in [3.8, 4) is 0 Å². The highest BCUT2D eigenvalue weighted by Gasteiger charge is 2.23. The number of carbonyl (C=O) groups is 1. The lowest BCUT2D eigenvalue weighted by molar-refractivity contribution is -0.384. The average molecular weight is 419 g/mol. The number of nitro benzene ring substituents is 1. The molecule has 0 N–H and O–H groups in total. The third kappa shape index (κ3) is 5.41. The van der Waals surface area contributed by atoms with Gasteiger partial charge >= 0.3 is 0 Å². The van der Waals surface area contributed by atoms with Crippen molar-refractivity contribution in [2.45, 2.75) is 30.2 Å². The zero-order chi connectivity index (χ0) is 19.2. The first-order chi connectivity index (χ1) is 13.0. The van der Waals surface area contributed by atoms with E-state index >= 15 is 0 Å². The lowest BCUT2D eigenvalue weighted by Gasteiger charge is -2.25. The number of hydrogen-bond acceptors (Lipinski definition) is 6. The molecule has 0 fully saturated rings. The van der Waals surface area contributed by atoms with Crippen LogP contribution in [0.1, 0.15) is 16.7 Å². The number of carbonyl (C=O) groups excluding carboxylic acids is 1. The van der Waals surface area contributed by atoms with E-state index in [0.29, 0.717) is 13.1 Å². The molecule has 0 saturated heterocycles. The lowest BCUT2D eigenvalue weighted by atomic mass is 10.3. The molecule has 0 spiro atoms. The topological polar surface area (TPSA) is 63.5 Å². The maximum atomic E-state index is 13.1. The first-order valence-corrected chi connectivity index (χ1v) is 10.9. The van der Waals surface area contributed by atoms with E-state index in [4.69, 9.17) is 0 Å². The van der Waals surface area contributed by atoms with Crippen molar-refractivity contribution in [2.75, 3.05) is 0 Å². The molecule has 5 nitrogen and oxygen atoms in total. The van der Waals surface area contributed by atoms with E-state index < -0.39 is 4.92 Å². The SMILES string of the molecule is CC(Sc1ccc([N+](=O)[O-])cc1)C(=O)N(Cc1cccs1)Cc1cccs1. The number of non-ortho nitro benzene ring substituents is 1. The Balaban J connectivity index is 1.70. The summed E-state index contributed by atoms with van der Waals surface area (Å²) in [6.45, 7) is 3.05. The Hall–Kier alpha value is -2.16. The molecule has 0 aliphatic rings. The number of nitro groups is 1. The summed E-state index contributed by atoms with van der Waals surface area (Å²) in [7, 11) is 0. The number of nitrogens with zero attached hydrogens (tertiary/aromatic N) is 2. The number of hydrogen-bond donors (Lipinski definition) is 0. The van der Waals surface area contributed by atoms with Gasteiger partial charge in [-0.25, -0.2) is 0 Å². The molecule has 0 bridgehead atoms. The van der Waals surface area contributed by atoms with Crippen LogP contribution in [0.2, 0.25) is 0 Å². The summed E-state index contributed by atoms with van der Waals surface area (Å²) in [6.07, 6.45) is 0. The highest BCUT2D eigenvalue weighted by atomic mass is 32.2. The molecule has 0 saturated carbocycles. The molecule has 1 amide bonds. The minimum absolute atomic E-state index is 0.0512. The van der Waals surface area contributed by atoms with Gasteiger partial charge in [-0.1, -0.05) is 12.1 Å². The zero-order valence-corrected chi connectivity index (χ0v) is 17.1. The highest BCUT2D eigenvalue weighted by Crippen LogP contribution is 2.28. The van der Waals surface area contributed by atoms with Gasteiger partial charge in [0, 0.05) is 26.8 Å². The van der Waals surface area contributed by atoms with Crippen LogP contribution in [0.25, 0.3) is 0 Å². The fourth-order valence-corrected chi connectivity index (χ4v) is 4.94. The summed E-state index contributed by atoms with van der Waals surface area (Å²) in [4.78, 5) is 28.4. The largest absolute Gasteiger partial charge is 0.331 e. The maximum absolute atomic E-state index is 13.1. The van der Waals surface area contributed by atoms with Crippen molar-refractivity contribution in [2.24, 2.45) is 0 Å². The normalized spacial score (nSPS) is 11.9. The maximum Gasteiger partial charge on any atom is 0.269 e. The first-order valence-electron chi connectivity index (χ1n) is 8.27. The van der Waals surface area contributed by atoms with Crippen molar-refractivity contribution >= 4 is 46.0 Å². The molecule has 8 heteroatoms. The van der Waals surface area contributed by atoms with Crippen LogP contribution in [0, 0.1) is 10.1 Å². The molecule has 27 heavy (non-hydrogen) atoms. The number of rotatable bonds is 8. The Morgan fingerprint density at radius 3 is 2.07 bits per heavy atom. The summed E-state index contributed by atoms with van der Waals surface area (Å²) in [5, 5.41) is 14.5. The minimum Gasteiger partial charge on any atom is -0.331 e. The monoisotopic (exact) mass is 418 g/mol. The number of benzene rings is 1. The Morgan fingerprint density at radius 2 is 1.63 bits per heavy atom. The fourth-order valence-electron chi connectivity index (χ4n) is 2.55. The van der Waals surface area contributed by atoms with Crippen LogP contribution >= 0.6 is 34.4 Å². The molecule has 1 unspecified atom stereocenters. The number of thioether (sulfide) groups is 1. The molecule has 2 aromatic heterocycles. The van der Waals surface area contributed by atoms with Gasteiger partial charge in [-0.3, -0.25) is 14.9 Å². The van der Waals surface area contributed by atoms with Crippen LogP contribution in [0.3, 0.4) is 0 Å². The summed E-state index contributed by atoms with van der Waals surface area (Å²) < 4.78 is 0. The third-order valence-corrected chi connectivity index (χ3v) is 6.70. The van der Waals surface area contributed by atoms with Crippen molar-refractivity contribution in [3.05, 3.63) is 79.2 Å². The van der Waals surface area contributed by atoms with Crippen LogP contribution in [-0.4, -0.2) is 21.0 Å². The number of thiophene rings is 2. The van der Waals surface area contributed by atoms with Crippen LogP contribution in [-0.2, 0) is 17.9 Å². The average Bonchev–Trinajstić information content (AvgIpc) is 3.35. The predicted octanol–water partition coefficient (Wildman–Crippen LogP) is 5.43. The summed E-state index contributed by atoms with van der Waals surface area (Å²) in [5.74, 6) is 0.0557. The predicted molar refractivity (Wildman–Crippen MR) is 111 cm³/mol. The molecular weight excluding hydrogens is 400 g/mol. The van der Waals surface area contributed by atoms with E-state index in [9.17, 15) is 14.9 Å². The Morgan fingerprint density at radius 1 is 1.07 bits per heavy atom. The Bertz CT molecular complexity index is 841. The van der Waals surface area contributed by atoms with Crippen molar-refractivity contribution in [1.29, 1.82) is 0 Å². The highest BCUT2D eigenvalue weighted by molar-refractivity contribution is 8.00. The summed E-state index contributed by atoms with van der Waals surface area (Å²) >= 11 is 4.70. The van der Waals surface area contributed by atoms with Gasteiger partial charge in [0.1, 0.15) is 0 Å². The molecular formula is C19H18N2O3S3. The van der Waals surface area contributed by atoms with E-state index in [2.05, 4.69) is 0 Å². The summed E-state index contributed by atoms with van der Waals surface area (Å²) in [6, 6.07) is 14.4. The molecule has 0 radical (unpaired) electrons. The van der Waals surface area contributed by atoms with E-state index in [1.165, 1.54) is 23.9 Å². The summed E-state index contributed by atoms with van der Waals surface area (Å²) in [5.41, 5.74) is 0.0512. The molecule has 140 valence electrons. The second kappa shape index (κ2) is 9.16. The van der Waals surface area contributed by atoms with Crippen molar-refractivity contribution in [1.82, 2.24) is 4.90 Å². The van der Waals surface area contributed by atoms with Gasteiger partial charge in [0.25, 0.3) is 5.69 Å². The minimum atomic E-state index is -0.424. The molecule has 0 aliphatic carbocycles. The lowest BCUT2D eigenvalue weighted by Crippen LogP contribution is -2.35. The van der Waals surface area contributed by atoms with E-state index in [1.54, 1.807) is 34.8 Å². The van der Waals surface area contributed by atoms with Crippen molar-refractivity contribution in [3.63, 3.8) is 0 Å². The second-order valence-corrected chi connectivity index (χ2v) is 9.34. The molecule has 1 atom stereocenters. The van der Waals surface area contributed by atoms with E-state index in [-0.39, 0.29) is 16.8 Å². The first kappa shape index (κ1) is 19.6. The Labute approximate surface area is 169 Å². The van der Waals surface area contributed by atoms with Crippen LogP contribution in [0.5, 0.6) is 0 Å². The van der Waals surface area contributed by atoms with Gasteiger partial charge in [-0.05, 0) is 41.9 Å². The molecule has 3 rings (SSSR count). The van der Waals surface area contributed by atoms with Crippen LogP contribution < -0.4 is 0 Å². The standard InChI is InChI=1S/C19H18N2O3S3/c1-14(27-16-8-6-15(7-9-16)21(23)24)19(22)20(12-17-4-2-10-25-17)13-18-5-3-11-26-18/h2-11,14H,12-13H2,1H3. The van der Waals surface area contributed by atoms with Gasteiger partial charge in [0.2, 0.25) is 5.91 Å². The Kier molecular flexibility index (Phi) is 6.65. The molecule has 0 aliphatic heterocycles. The van der Waals surface area contributed by atoms with E-state index in [0.717, 1.165) is 14.6 Å². The quantitative estimate of drug-likeness (QED) is 0.278. The number of amides is 1. The van der Waals surface area contributed by atoms with Gasteiger partial charge in [-0.15, -0.1) is 34.4 Å². The van der Waals surface area contributed by atoms with Gasteiger partial charge < -0.3 is 4.90 Å². The second-order valence-electron chi connectivity index (χ2n) is 5.86. The zero-order valence-electron chi connectivity index (χ0n) is 14.6. The van der Waals surface area contributed by atoms with Gasteiger partial charge in [0.05, 0.1) is 23.3 Å². The molecule has 2 heterocycles. The van der Waals surface area contributed by atoms with Gasteiger partial charge in [-0.2, -0.15) is 0 Å². The molecule has 3 aromatic rings. The van der Waals surface area contributed by atoms with Gasteiger partial charge in [0.15, 0.2) is 0 Å². The molecule has 1 aromatic carbocycles. The third-order valence-electron chi connectivity index (χ3n) is 3.87. The van der Waals surface area contributed by atoms with Crippen LogP contribution in [0.4, 0.5) is 5.69 Å².